The highest BCUT2D eigenvalue weighted by Gasteiger charge is 2.40. The van der Waals surface area contributed by atoms with E-state index in [-0.39, 0.29) is 17.7 Å². The van der Waals surface area contributed by atoms with Crippen LogP contribution in [-0.2, 0) is 15.4 Å². The van der Waals surface area contributed by atoms with Gasteiger partial charge in [-0.15, -0.1) is 0 Å². The number of sulfone groups is 1. The lowest BCUT2D eigenvalue weighted by atomic mass is 9.77. The van der Waals surface area contributed by atoms with Crippen molar-refractivity contribution in [3.63, 3.8) is 0 Å². The van der Waals surface area contributed by atoms with Crippen LogP contribution < -0.4 is 15.4 Å². The van der Waals surface area contributed by atoms with E-state index < -0.39 is 15.4 Å². The third kappa shape index (κ3) is 5.66. The highest BCUT2D eigenvalue weighted by atomic mass is 32.2. The second-order valence-electron chi connectivity index (χ2n) is 12.8. The van der Waals surface area contributed by atoms with Crippen LogP contribution in [-0.4, -0.2) is 89.9 Å². The fourth-order valence-corrected chi connectivity index (χ4v) is 7.94. The molecular formula is C32H42N8O3S. The predicted octanol–water partition coefficient (Wildman–Crippen LogP) is 3.72. The molecule has 0 spiro atoms. The van der Waals surface area contributed by atoms with Crippen LogP contribution in [0.15, 0.2) is 42.9 Å². The molecule has 4 aromatic heterocycles. The lowest BCUT2D eigenvalue weighted by Gasteiger charge is -2.48. The van der Waals surface area contributed by atoms with Gasteiger partial charge < -0.3 is 20.3 Å². The SMILES string of the molecule is COc1ccncc1-c1cc2c(cnn2-c2cc(N3C[C@H](CS(C)(=O)=O)[C@H]3C)cc(C3(N)CCC(N(C)C)CC3)n2)c(C)n1. The normalized spacial score (nSPS) is 24.1. The van der Waals surface area contributed by atoms with E-state index in [0.717, 1.165) is 64.9 Å². The summed E-state index contributed by atoms with van der Waals surface area (Å²) < 4.78 is 31.6. The van der Waals surface area contributed by atoms with Crippen LogP contribution in [0.25, 0.3) is 28.0 Å². The van der Waals surface area contributed by atoms with E-state index in [1.54, 1.807) is 19.5 Å². The van der Waals surface area contributed by atoms with Crippen molar-refractivity contribution in [3.05, 3.63) is 54.2 Å². The summed E-state index contributed by atoms with van der Waals surface area (Å²) in [5.74, 6) is 1.61. The molecule has 1 saturated heterocycles. The van der Waals surface area contributed by atoms with E-state index >= 15 is 0 Å². The minimum absolute atomic E-state index is 0.0662. The summed E-state index contributed by atoms with van der Waals surface area (Å²) in [6, 6.07) is 8.53. The largest absolute Gasteiger partial charge is 0.496 e. The van der Waals surface area contributed by atoms with Crippen molar-refractivity contribution >= 4 is 26.4 Å². The number of hydrogen-bond acceptors (Lipinski definition) is 10. The Hall–Kier alpha value is -3.61. The van der Waals surface area contributed by atoms with E-state index in [2.05, 4.69) is 41.9 Å². The highest BCUT2D eigenvalue weighted by Crippen LogP contribution is 2.40. The van der Waals surface area contributed by atoms with Crippen LogP contribution in [0.4, 0.5) is 5.69 Å². The first-order chi connectivity index (χ1) is 20.9. The molecule has 6 rings (SSSR count). The van der Waals surface area contributed by atoms with Crippen molar-refractivity contribution in [1.82, 2.24) is 29.6 Å². The third-order valence-electron chi connectivity index (χ3n) is 9.59. The number of fused-ring (bicyclic) bond motifs is 1. The van der Waals surface area contributed by atoms with Crippen LogP contribution in [0.5, 0.6) is 5.75 Å². The summed E-state index contributed by atoms with van der Waals surface area (Å²) in [4.78, 5) is 18.9. The Kier molecular flexibility index (Phi) is 7.87. The number of ether oxygens (including phenoxy) is 1. The minimum atomic E-state index is -3.07. The molecule has 12 heteroatoms. The predicted molar refractivity (Wildman–Crippen MR) is 173 cm³/mol. The van der Waals surface area contributed by atoms with Crippen molar-refractivity contribution in [2.45, 2.75) is 57.2 Å². The topological polar surface area (TPSA) is 132 Å². The van der Waals surface area contributed by atoms with Crippen molar-refractivity contribution in [1.29, 1.82) is 0 Å². The molecule has 2 aliphatic rings. The molecule has 0 unspecified atom stereocenters. The summed E-state index contributed by atoms with van der Waals surface area (Å²) in [6.45, 7) is 4.72. The molecule has 11 nitrogen and oxygen atoms in total. The number of hydrogen-bond donors (Lipinski definition) is 1. The van der Waals surface area contributed by atoms with E-state index in [1.807, 2.05) is 36.0 Å². The summed E-state index contributed by atoms with van der Waals surface area (Å²) in [5, 5.41) is 5.72. The van der Waals surface area contributed by atoms with Gasteiger partial charge in [-0.3, -0.25) is 9.97 Å². The maximum Gasteiger partial charge on any atom is 0.156 e. The van der Waals surface area contributed by atoms with Crippen molar-refractivity contribution in [2.75, 3.05) is 44.7 Å². The number of pyridine rings is 3. The van der Waals surface area contributed by atoms with Crippen LogP contribution in [0.1, 0.15) is 44.0 Å². The Morgan fingerprint density at radius 1 is 1.14 bits per heavy atom. The summed E-state index contributed by atoms with van der Waals surface area (Å²) in [6.07, 6.45) is 10.2. The lowest BCUT2D eigenvalue weighted by Crippen LogP contribution is -2.57. The Labute approximate surface area is 259 Å². The molecule has 1 aliphatic carbocycles. The van der Waals surface area contributed by atoms with E-state index in [0.29, 0.717) is 24.2 Å². The average molecular weight is 619 g/mol. The fraction of sp³-hybridized carbons (Fsp3) is 0.500. The first-order valence-corrected chi connectivity index (χ1v) is 17.2. The molecular weight excluding hydrogens is 576 g/mol. The second kappa shape index (κ2) is 11.4. The smallest absolute Gasteiger partial charge is 0.156 e. The van der Waals surface area contributed by atoms with Crippen LogP contribution >= 0.6 is 0 Å². The molecule has 0 amide bonds. The molecule has 2 atom stereocenters. The minimum Gasteiger partial charge on any atom is -0.496 e. The van der Waals surface area contributed by atoms with Crippen LogP contribution in [0.3, 0.4) is 0 Å². The zero-order valence-electron chi connectivity index (χ0n) is 26.4. The quantitative estimate of drug-likeness (QED) is 0.312. The lowest BCUT2D eigenvalue weighted by molar-refractivity contribution is 0.171. The van der Waals surface area contributed by atoms with E-state index in [9.17, 15) is 8.42 Å². The number of anilines is 1. The van der Waals surface area contributed by atoms with E-state index in [1.165, 1.54) is 6.26 Å². The second-order valence-corrected chi connectivity index (χ2v) is 15.0. The Morgan fingerprint density at radius 2 is 1.89 bits per heavy atom. The van der Waals surface area contributed by atoms with Gasteiger partial charge in [0.25, 0.3) is 0 Å². The van der Waals surface area contributed by atoms with Gasteiger partial charge in [0, 0.05) is 66.0 Å². The molecule has 0 radical (unpaired) electrons. The molecule has 2 N–H and O–H groups in total. The molecule has 234 valence electrons. The first-order valence-electron chi connectivity index (χ1n) is 15.1. The van der Waals surface area contributed by atoms with Crippen molar-refractivity contribution in [3.8, 4) is 22.8 Å². The summed E-state index contributed by atoms with van der Waals surface area (Å²) in [7, 11) is 2.81. The molecule has 2 fully saturated rings. The molecule has 0 bridgehead atoms. The maximum absolute atomic E-state index is 12.1. The van der Waals surface area contributed by atoms with Crippen molar-refractivity contribution < 1.29 is 13.2 Å². The standard InChI is InChI=1S/C32H42N8O3S/c1-20-25-17-35-40(28(25)15-27(36-20)26-16-34-12-9-29(26)43-5)31-14-24(39-18-22(21(39)2)19-44(6,41)42)13-30(37-31)32(33)10-7-23(8-11-32)38(3)4/h9,12-17,21-23H,7-8,10-11,18-19,33H2,1-6H3/t21-,22-,23?,32?/m1/s1. The van der Waals surface area contributed by atoms with Gasteiger partial charge >= 0.3 is 0 Å². The number of methoxy groups -OCH3 is 1. The average Bonchev–Trinajstić information content (AvgIpc) is 3.43. The highest BCUT2D eigenvalue weighted by molar-refractivity contribution is 7.90. The molecule has 1 saturated carbocycles. The Balaban J connectivity index is 1.45. The van der Waals surface area contributed by atoms with Crippen LogP contribution in [0.2, 0.25) is 0 Å². The number of nitrogens with two attached hydrogens (primary N) is 1. The van der Waals surface area contributed by atoms with Gasteiger partial charge in [0.15, 0.2) is 5.82 Å². The van der Waals surface area contributed by atoms with Crippen LogP contribution in [0, 0.1) is 12.8 Å². The van der Waals surface area contributed by atoms with Crippen molar-refractivity contribution in [2.24, 2.45) is 11.7 Å². The zero-order valence-corrected chi connectivity index (χ0v) is 27.2. The van der Waals surface area contributed by atoms with Gasteiger partial charge in [-0.2, -0.15) is 5.10 Å². The van der Waals surface area contributed by atoms with Gasteiger partial charge in [0.05, 0.1) is 47.1 Å². The number of aromatic nitrogens is 5. The molecule has 5 heterocycles. The van der Waals surface area contributed by atoms with Gasteiger partial charge in [0.1, 0.15) is 15.6 Å². The van der Waals surface area contributed by atoms with E-state index in [4.69, 9.17) is 25.5 Å². The number of rotatable bonds is 8. The number of nitrogens with zero attached hydrogens (tertiary/aromatic N) is 7. The Morgan fingerprint density at radius 3 is 2.55 bits per heavy atom. The zero-order chi connectivity index (χ0) is 31.4. The summed E-state index contributed by atoms with van der Waals surface area (Å²) in [5.41, 5.74) is 11.6. The first kappa shape index (κ1) is 30.4. The molecule has 1 aliphatic heterocycles. The van der Waals surface area contributed by atoms with Gasteiger partial charge in [-0.05, 0) is 71.8 Å². The molecule has 4 aromatic rings. The Bertz CT molecular complexity index is 1800. The fourth-order valence-electron chi connectivity index (χ4n) is 6.78. The monoisotopic (exact) mass is 618 g/mol. The third-order valence-corrected chi connectivity index (χ3v) is 10.6. The van der Waals surface area contributed by atoms with Gasteiger partial charge in [-0.1, -0.05) is 0 Å². The van der Waals surface area contributed by atoms with Gasteiger partial charge in [0.2, 0.25) is 0 Å². The number of aryl methyl sites for hydroxylation is 1. The van der Waals surface area contributed by atoms with Gasteiger partial charge in [-0.25, -0.2) is 18.1 Å². The molecule has 0 aromatic carbocycles. The maximum atomic E-state index is 12.1. The molecule has 44 heavy (non-hydrogen) atoms. The summed E-state index contributed by atoms with van der Waals surface area (Å²) >= 11 is 0.